The van der Waals surface area contributed by atoms with Crippen LogP contribution in [0.3, 0.4) is 0 Å². The van der Waals surface area contributed by atoms with Crippen LogP contribution in [0.1, 0.15) is 52.9 Å². The molecule has 1 aliphatic rings. The molecule has 1 aliphatic heterocycles. The zero-order valence-electron chi connectivity index (χ0n) is 9.47. The van der Waals surface area contributed by atoms with Gasteiger partial charge in [-0.15, -0.1) is 0 Å². The molecule has 0 fully saturated rings. The standard InChI is InChI=1S/C12H24N/c1-4-13-10-8-6-5-7-9-12(2,3)11-13/h11H,4-10H2,1-3H3/q+1/b13-11-. The Morgan fingerprint density at radius 2 is 1.85 bits per heavy atom. The fourth-order valence-electron chi connectivity index (χ4n) is 2.12. The zero-order chi connectivity index (χ0) is 9.73. The van der Waals surface area contributed by atoms with Gasteiger partial charge in [-0.1, -0.05) is 26.7 Å². The normalized spacial score (nSPS) is 28.1. The molecule has 0 aromatic carbocycles. The molecule has 1 rings (SSSR count). The highest BCUT2D eigenvalue weighted by molar-refractivity contribution is 5.59. The van der Waals surface area contributed by atoms with Gasteiger partial charge in [0.25, 0.3) is 0 Å². The second-order valence-electron chi connectivity index (χ2n) is 4.91. The fraction of sp³-hybridized carbons (Fsp3) is 0.917. The molecule has 0 aliphatic carbocycles. The van der Waals surface area contributed by atoms with Gasteiger partial charge in [-0.05, 0) is 19.8 Å². The molecule has 13 heavy (non-hydrogen) atoms. The minimum Gasteiger partial charge on any atom is -0.239 e. The van der Waals surface area contributed by atoms with E-state index in [0.717, 1.165) is 0 Å². The summed E-state index contributed by atoms with van der Waals surface area (Å²) in [5.74, 6) is 0. The Hall–Kier alpha value is -0.330. The molecule has 1 nitrogen and oxygen atoms in total. The maximum atomic E-state index is 2.49. The van der Waals surface area contributed by atoms with Crippen LogP contribution in [0.4, 0.5) is 0 Å². The highest BCUT2D eigenvalue weighted by Gasteiger charge is 2.21. The summed E-state index contributed by atoms with van der Waals surface area (Å²) in [5.41, 5.74) is 0.417. The van der Waals surface area contributed by atoms with E-state index in [9.17, 15) is 0 Å². The summed E-state index contributed by atoms with van der Waals surface area (Å²) in [6.45, 7) is 9.41. The van der Waals surface area contributed by atoms with Crippen molar-refractivity contribution in [3.8, 4) is 0 Å². The lowest BCUT2D eigenvalue weighted by molar-refractivity contribution is -0.523. The van der Waals surface area contributed by atoms with Crippen LogP contribution in [0.5, 0.6) is 0 Å². The Kier molecular flexibility index (Phi) is 3.95. The maximum Gasteiger partial charge on any atom is 0.145 e. The van der Waals surface area contributed by atoms with Gasteiger partial charge in [0.2, 0.25) is 0 Å². The predicted octanol–water partition coefficient (Wildman–Crippen LogP) is 3.08. The first-order valence-corrected chi connectivity index (χ1v) is 5.74. The summed E-state index contributed by atoms with van der Waals surface area (Å²) in [4.78, 5) is 0. The summed E-state index contributed by atoms with van der Waals surface area (Å²) in [5, 5.41) is 0. The van der Waals surface area contributed by atoms with Gasteiger partial charge in [0, 0.05) is 11.8 Å². The van der Waals surface area contributed by atoms with Crippen molar-refractivity contribution in [2.45, 2.75) is 52.9 Å². The van der Waals surface area contributed by atoms with Crippen LogP contribution in [0, 0.1) is 5.41 Å². The van der Waals surface area contributed by atoms with Crippen LogP contribution in [-0.4, -0.2) is 23.9 Å². The van der Waals surface area contributed by atoms with Crippen LogP contribution in [0.2, 0.25) is 0 Å². The Morgan fingerprint density at radius 1 is 1.15 bits per heavy atom. The van der Waals surface area contributed by atoms with Crippen molar-refractivity contribution in [1.29, 1.82) is 0 Å². The smallest absolute Gasteiger partial charge is 0.145 e. The first-order chi connectivity index (χ1) is 6.14. The minimum atomic E-state index is 0.417. The Morgan fingerprint density at radius 3 is 2.54 bits per heavy atom. The molecule has 1 heteroatoms. The Bertz CT molecular complexity index is 180. The average Bonchev–Trinajstić information content (AvgIpc) is 2.15. The lowest BCUT2D eigenvalue weighted by Gasteiger charge is -2.16. The molecular formula is C12H24N+. The van der Waals surface area contributed by atoms with Crippen molar-refractivity contribution in [2.24, 2.45) is 5.41 Å². The molecule has 0 saturated carbocycles. The van der Waals surface area contributed by atoms with Gasteiger partial charge >= 0.3 is 0 Å². The first-order valence-electron chi connectivity index (χ1n) is 5.74. The quantitative estimate of drug-likeness (QED) is 0.548. The molecule has 0 unspecified atom stereocenters. The van der Waals surface area contributed by atoms with E-state index in [4.69, 9.17) is 0 Å². The van der Waals surface area contributed by atoms with E-state index in [1.165, 1.54) is 45.2 Å². The third-order valence-corrected chi connectivity index (χ3v) is 2.95. The van der Waals surface area contributed by atoms with E-state index >= 15 is 0 Å². The molecule has 0 spiro atoms. The molecule has 0 bridgehead atoms. The predicted molar refractivity (Wildman–Crippen MR) is 58.6 cm³/mol. The molecule has 0 radical (unpaired) electrons. The summed E-state index contributed by atoms with van der Waals surface area (Å²) >= 11 is 0. The molecular weight excluding hydrogens is 158 g/mol. The molecule has 0 N–H and O–H groups in total. The maximum absolute atomic E-state index is 2.49. The van der Waals surface area contributed by atoms with Gasteiger partial charge in [-0.25, -0.2) is 4.58 Å². The van der Waals surface area contributed by atoms with Gasteiger partial charge < -0.3 is 0 Å². The lowest BCUT2D eigenvalue weighted by Crippen LogP contribution is -2.23. The van der Waals surface area contributed by atoms with Crippen LogP contribution in [0.15, 0.2) is 0 Å². The van der Waals surface area contributed by atoms with E-state index in [2.05, 4.69) is 31.6 Å². The SMILES string of the molecule is CC/[N+]1=C/C(C)(C)CCCCCC1. The van der Waals surface area contributed by atoms with Gasteiger partial charge in [0.15, 0.2) is 0 Å². The molecule has 0 atom stereocenters. The Labute approximate surface area is 82.9 Å². The molecule has 0 amide bonds. The number of hydrogen-bond donors (Lipinski definition) is 0. The van der Waals surface area contributed by atoms with Crippen molar-refractivity contribution >= 4 is 6.21 Å². The van der Waals surface area contributed by atoms with E-state index in [-0.39, 0.29) is 0 Å². The van der Waals surface area contributed by atoms with E-state index in [0.29, 0.717) is 5.41 Å². The van der Waals surface area contributed by atoms with Crippen LogP contribution in [-0.2, 0) is 0 Å². The topological polar surface area (TPSA) is 3.01 Å². The highest BCUT2D eigenvalue weighted by Crippen LogP contribution is 2.22. The molecule has 0 aromatic heterocycles. The number of hydrogen-bond acceptors (Lipinski definition) is 0. The first kappa shape index (κ1) is 10.7. The van der Waals surface area contributed by atoms with E-state index < -0.39 is 0 Å². The number of rotatable bonds is 1. The van der Waals surface area contributed by atoms with Gasteiger partial charge in [-0.3, -0.25) is 0 Å². The third kappa shape index (κ3) is 3.93. The number of nitrogens with zero attached hydrogens (tertiary/aromatic N) is 1. The lowest BCUT2D eigenvalue weighted by atomic mass is 9.88. The summed E-state index contributed by atoms with van der Waals surface area (Å²) in [6.07, 6.45) is 9.43. The van der Waals surface area contributed by atoms with Gasteiger partial charge in [0.05, 0.1) is 0 Å². The third-order valence-electron chi connectivity index (χ3n) is 2.95. The van der Waals surface area contributed by atoms with Crippen molar-refractivity contribution in [3.63, 3.8) is 0 Å². The molecule has 0 saturated heterocycles. The minimum absolute atomic E-state index is 0.417. The zero-order valence-corrected chi connectivity index (χ0v) is 9.47. The largest absolute Gasteiger partial charge is 0.239 e. The molecule has 76 valence electrons. The second-order valence-corrected chi connectivity index (χ2v) is 4.91. The van der Waals surface area contributed by atoms with Gasteiger partial charge in [-0.2, -0.15) is 0 Å². The summed E-state index contributed by atoms with van der Waals surface area (Å²) < 4.78 is 2.49. The van der Waals surface area contributed by atoms with Crippen LogP contribution >= 0.6 is 0 Å². The molecule has 0 aromatic rings. The van der Waals surface area contributed by atoms with E-state index in [1.807, 2.05) is 0 Å². The van der Waals surface area contributed by atoms with Crippen molar-refractivity contribution in [2.75, 3.05) is 13.1 Å². The monoisotopic (exact) mass is 182 g/mol. The van der Waals surface area contributed by atoms with E-state index in [1.54, 1.807) is 0 Å². The van der Waals surface area contributed by atoms with Crippen molar-refractivity contribution < 1.29 is 4.58 Å². The summed E-state index contributed by atoms with van der Waals surface area (Å²) in [6, 6.07) is 0. The van der Waals surface area contributed by atoms with Crippen LogP contribution < -0.4 is 0 Å². The van der Waals surface area contributed by atoms with Crippen molar-refractivity contribution in [1.82, 2.24) is 0 Å². The fourth-order valence-corrected chi connectivity index (χ4v) is 2.12. The Balaban J connectivity index is 2.66. The summed E-state index contributed by atoms with van der Waals surface area (Å²) in [7, 11) is 0. The second kappa shape index (κ2) is 4.78. The molecule has 1 heterocycles. The van der Waals surface area contributed by atoms with Crippen LogP contribution in [0.25, 0.3) is 0 Å². The van der Waals surface area contributed by atoms with Crippen molar-refractivity contribution in [3.05, 3.63) is 0 Å². The van der Waals surface area contributed by atoms with Gasteiger partial charge in [0.1, 0.15) is 19.3 Å². The highest BCUT2D eigenvalue weighted by atomic mass is 15.0. The average molecular weight is 182 g/mol.